The number of Topliss-reactive ketones (excluding diaryl/α,β-unsaturated/α-hetero) is 1. The van der Waals surface area contributed by atoms with Crippen LogP contribution in [0.3, 0.4) is 0 Å². The zero-order valence-corrected chi connectivity index (χ0v) is 9.25. The molecule has 0 aliphatic rings. The summed E-state index contributed by atoms with van der Waals surface area (Å²) in [6.07, 6.45) is 0. The summed E-state index contributed by atoms with van der Waals surface area (Å²) in [5, 5.41) is 9.75. The fourth-order valence-electron chi connectivity index (χ4n) is 1.44. The van der Waals surface area contributed by atoms with Crippen molar-refractivity contribution in [3.05, 3.63) is 40.5 Å². The van der Waals surface area contributed by atoms with Gasteiger partial charge in [0.15, 0.2) is 5.78 Å². The van der Waals surface area contributed by atoms with Gasteiger partial charge in [0.05, 0.1) is 11.1 Å². The van der Waals surface area contributed by atoms with Crippen LogP contribution in [0.1, 0.15) is 22.8 Å². The second-order valence-corrected chi connectivity index (χ2v) is 3.76. The maximum atomic E-state index is 11.2. The minimum absolute atomic E-state index is 0.0239. The first-order chi connectivity index (χ1) is 7.61. The lowest BCUT2D eigenvalue weighted by molar-refractivity contribution is 0.101. The zero-order valence-electron chi connectivity index (χ0n) is 8.49. The average molecular weight is 231 g/mol. The van der Waals surface area contributed by atoms with Crippen molar-refractivity contribution >= 4 is 28.3 Å². The maximum Gasteiger partial charge on any atom is 0.159 e. The molecule has 3 nitrogen and oxygen atoms in total. The van der Waals surface area contributed by atoms with E-state index in [1.807, 2.05) is 6.07 Å². The van der Waals surface area contributed by atoms with E-state index in [2.05, 4.69) is 4.98 Å². The van der Waals surface area contributed by atoms with Crippen LogP contribution in [-0.4, -0.2) is 10.8 Å². The van der Waals surface area contributed by atoms with Crippen molar-refractivity contribution in [3.8, 4) is 6.07 Å². The first-order valence-corrected chi connectivity index (χ1v) is 5.01. The van der Waals surface area contributed by atoms with E-state index in [1.165, 1.54) is 6.92 Å². The highest BCUT2D eigenvalue weighted by atomic mass is 35.5. The molecule has 4 heteroatoms. The molecule has 0 saturated heterocycles. The van der Waals surface area contributed by atoms with Gasteiger partial charge >= 0.3 is 0 Å². The molecule has 16 heavy (non-hydrogen) atoms. The van der Waals surface area contributed by atoms with E-state index >= 15 is 0 Å². The second kappa shape index (κ2) is 3.92. The number of halogens is 1. The molecule has 1 aromatic carbocycles. The van der Waals surface area contributed by atoms with Crippen molar-refractivity contribution in [2.75, 3.05) is 0 Å². The van der Waals surface area contributed by atoms with Gasteiger partial charge in [-0.2, -0.15) is 5.26 Å². The number of benzene rings is 1. The molecule has 1 aromatic heterocycles. The molecular formula is C12H7ClN2O. The molecule has 1 heterocycles. The van der Waals surface area contributed by atoms with Crippen LogP contribution in [0, 0.1) is 11.3 Å². The summed E-state index contributed by atoms with van der Waals surface area (Å²) in [5.41, 5.74) is 1.54. The molecule has 0 spiro atoms. The van der Waals surface area contributed by atoms with Crippen LogP contribution in [-0.2, 0) is 0 Å². The first kappa shape index (κ1) is 10.6. The Morgan fingerprint density at radius 1 is 1.44 bits per heavy atom. The average Bonchev–Trinajstić information content (AvgIpc) is 2.27. The minimum atomic E-state index is -0.0239. The highest BCUT2D eigenvalue weighted by molar-refractivity contribution is 6.31. The van der Waals surface area contributed by atoms with E-state index < -0.39 is 0 Å². The second-order valence-electron chi connectivity index (χ2n) is 3.40. The molecule has 0 saturated carbocycles. The summed E-state index contributed by atoms with van der Waals surface area (Å²) in [5.74, 6) is -0.0239. The lowest BCUT2D eigenvalue weighted by Crippen LogP contribution is -1.93. The van der Waals surface area contributed by atoms with E-state index in [0.717, 1.165) is 5.39 Å². The molecule has 0 aliphatic carbocycles. The van der Waals surface area contributed by atoms with E-state index in [1.54, 1.807) is 24.3 Å². The Hall–Kier alpha value is -1.92. The van der Waals surface area contributed by atoms with Crippen LogP contribution in [0.4, 0.5) is 0 Å². The van der Waals surface area contributed by atoms with Gasteiger partial charge in [-0.3, -0.25) is 4.79 Å². The van der Waals surface area contributed by atoms with E-state index in [4.69, 9.17) is 16.9 Å². The van der Waals surface area contributed by atoms with E-state index in [0.29, 0.717) is 16.6 Å². The van der Waals surface area contributed by atoms with Gasteiger partial charge < -0.3 is 0 Å². The van der Waals surface area contributed by atoms with Crippen molar-refractivity contribution in [1.82, 2.24) is 4.98 Å². The number of hydrogen-bond acceptors (Lipinski definition) is 3. The number of ketones is 1. The van der Waals surface area contributed by atoms with Gasteiger partial charge in [0.2, 0.25) is 0 Å². The Bertz CT molecular complexity index is 629. The third-order valence-electron chi connectivity index (χ3n) is 2.30. The van der Waals surface area contributed by atoms with Crippen LogP contribution >= 0.6 is 11.6 Å². The standard InChI is InChI=1S/C12H7ClN2O/c1-7(16)8-2-3-9-4-10(6-14)12(13)15-11(9)5-8/h2-5H,1H3. The number of carbonyl (C=O) groups is 1. The summed E-state index contributed by atoms with van der Waals surface area (Å²) in [4.78, 5) is 15.3. The first-order valence-electron chi connectivity index (χ1n) is 4.63. The minimum Gasteiger partial charge on any atom is -0.295 e. The molecule has 0 aliphatic heterocycles. The van der Waals surface area contributed by atoms with E-state index in [9.17, 15) is 4.79 Å². The molecular weight excluding hydrogens is 224 g/mol. The summed E-state index contributed by atoms with van der Waals surface area (Å²) >= 11 is 5.82. The molecule has 2 aromatic rings. The number of carbonyl (C=O) groups excluding carboxylic acids is 1. The Morgan fingerprint density at radius 2 is 2.19 bits per heavy atom. The number of rotatable bonds is 1. The highest BCUT2D eigenvalue weighted by Crippen LogP contribution is 2.21. The number of nitrogens with zero attached hydrogens (tertiary/aromatic N) is 2. The lowest BCUT2D eigenvalue weighted by Gasteiger charge is -2.01. The van der Waals surface area contributed by atoms with Crippen LogP contribution in [0.5, 0.6) is 0 Å². The highest BCUT2D eigenvalue weighted by Gasteiger charge is 2.06. The molecule has 2 rings (SSSR count). The van der Waals surface area contributed by atoms with Crippen molar-refractivity contribution < 1.29 is 4.79 Å². The van der Waals surface area contributed by atoms with Gasteiger partial charge in [-0.15, -0.1) is 0 Å². The summed E-state index contributed by atoms with van der Waals surface area (Å²) < 4.78 is 0. The van der Waals surface area contributed by atoms with Gasteiger partial charge in [-0.05, 0) is 19.1 Å². The third-order valence-corrected chi connectivity index (χ3v) is 2.59. The predicted octanol–water partition coefficient (Wildman–Crippen LogP) is 2.96. The monoisotopic (exact) mass is 230 g/mol. The fourth-order valence-corrected chi connectivity index (χ4v) is 1.63. The van der Waals surface area contributed by atoms with E-state index in [-0.39, 0.29) is 10.9 Å². The largest absolute Gasteiger partial charge is 0.295 e. The van der Waals surface area contributed by atoms with Gasteiger partial charge in [0.1, 0.15) is 11.2 Å². The smallest absolute Gasteiger partial charge is 0.159 e. The van der Waals surface area contributed by atoms with Crippen molar-refractivity contribution in [2.45, 2.75) is 6.92 Å². The van der Waals surface area contributed by atoms with Crippen molar-refractivity contribution in [2.24, 2.45) is 0 Å². The van der Waals surface area contributed by atoms with Crippen LogP contribution in [0.25, 0.3) is 10.9 Å². The summed E-state index contributed by atoms with van der Waals surface area (Å²) in [6, 6.07) is 8.77. The van der Waals surface area contributed by atoms with Crippen molar-refractivity contribution in [1.29, 1.82) is 5.26 Å². The molecule has 78 valence electrons. The molecule has 0 unspecified atom stereocenters. The Labute approximate surface area is 97.3 Å². The molecule has 0 radical (unpaired) electrons. The topological polar surface area (TPSA) is 53.8 Å². The van der Waals surface area contributed by atoms with Crippen molar-refractivity contribution in [3.63, 3.8) is 0 Å². The van der Waals surface area contributed by atoms with Gasteiger partial charge in [0, 0.05) is 10.9 Å². The molecule has 0 fully saturated rings. The molecule has 0 amide bonds. The Balaban J connectivity index is 2.73. The fraction of sp³-hybridized carbons (Fsp3) is 0.0833. The predicted molar refractivity (Wildman–Crippen MR) is 61.5 cm³/mol. The normalized spacial score (nSPS) is 10.1. The number of nitriles is 1. The van der Waals surface area contributed by atoms with Crippen LogP contribution in [0.15, 0.2) is 24.3 Å². The van der Waals surface area contributed by atoms with Crippen LogP contribution in [0.2, 0.25) is 5.15 Å². The van der Waals surface area contributed by atoms with Gasteiger partial charge in [-0.1, -0.05) is 23.7 Å². The summed E-state index contributed by atoms with van der Waals surface area (Å²) in [6.45, 7) is 1.49. The number of pyridine rings is 1. The van der Waals surface area contributed by atoms with Gasteiger partial charge in [-0.25, -0.2) is 4.98 Å². The lowest BCUT2D eigenvalue weighted by atomic mass is 10.1. The zero-order chi connectivity index (χ0) is 11.7. The van der Waals surface area contributed by atoms with Gasteiger partial charge in [0.25, 0.3) is 0 Å². The number of aromatic nitrogens is 1. The number of fused-ring (bicyclic) bond motifs is 1. The molecule has 0 atom stereocenters. The number of hydrogen-bond donors (Lipinski definition) is 0. The molecule has 0 N–H and O–H groups in total. The molecule has 0 bridgehead atoms. The maximum absolute atomic E-state index is 11.2. The quantitative estimate of drug-likeness (QED) is 0.559. The third kappa shape index (κ3) is 1.75. The Morgan fingerprint density at radius 3 is 2.81 bits per heavy atom. The Kier molecular flexibility index (Phi) is 2.59. The SMILES string of the molecule is CC(=O)c1ccc2cc(C#N)c(Cl)nc2c1. The summed E-state index contributed by atoms with van der Waals surface area (Å²) in [7, 11) is 0. The van der Waals surface area contributed by atoms with Crippen LogP contribution < -0.4 is 0 Å².